The molecule has 1 saturated carbocycles. The third-order valence-corrected chi connectivity index (χ3v) is 6.78. The van der Waals surface area contributed by atoms with Gasteiger partial charge in [0.25, 0.3) is 0 Å². The summed E-state index contributed by atoms with van der Waals surface area (Å²) in [5.41, 5.74) is 6.58. The largest absolute Gasteiger partial charge is 0.370 e. The van der Waals surface area contributed by atoms with E-state index in [0.29, 0.717) is 18.6 Å². The highest BCUT2D eigenvalue weighted by molar-refractivity contribution is 5.23. The van der Waals surface area contributed by atoms with E-state index in [1.807, 2.05) is 0 Å². The maximum atomic E-state index is 14.1. The van der Waals surface area contributed by atoms with Crippen molar-refractivity contribution in [2.45, 2.75) is 57.3 Å². The van der Waals surface area contributed by atoms with Gasteiger partial charge >= 0.3 is 0 Å². The quantitative estimate of drug-likeness (QED) is 0.807. The van der Waals surface area contributed by atoms with Gasteiger partial charge in [0.05, 0.1) is 6.61 Å². The Morgan fingerprint density at radius 3 is 2.54 bits per heavy atom. The minimum atomic E-state index is -0.571. The summed E-state index contributed by atoms with van der Waals surface area (Å²) >= 11 is 0. The van der Waals surface area contributed by atoms with Crippen LogP contribution in [0.25, 0.3) is 0 Å². The van der Waals surface area contributed by atoms with Gasteiger partial charge in [0.1, 0.15) is 17.7 Å². The molecule has 2 heterocycles. The second-order valence-corrected chi connectivity index (χ2v) is 9.42. The van der Waals surface area contributed by atoms with Crippen LogP contribution in [0.2, 0.25) is 0 Å². The van der Waals surface area contributed by atoms with Crippen molar-refractivity contribution < 1.29 is 13.5 Å². The van der Waals surface area contributed by atoms with Crippen molar-refractivity contribution in [3.8, 4) is 0 Å². The molecule has 0 amide bonds. The van der Waals surface area contributed by atoms with Crippen LogP contribution in [-0.4, -0.2) is 49.3 Å². The van der Waals surface area contributed by atoms with Gasteiger partial charge in [-0.05, 0) is 61.8 Å². The van der Waals surface area contributed by atoms with E-state index in [1.165, 1.54) is 18.9 Å². The van der Waals surface area contributed by atoms with Crippen LogP contribution < -0.4 is 11.1 Å². The van der Waals surface area contributed by atoms with E-state index < -0.39 is 17.7 Å². The molecule has 5 atom stereocenters. The first-order valence-electron chi connectivity index (χ1n) is 10.7. The number of fused-ring (bicyclic) bond motifs is 1. The molecule has 0 radical (unpaired) electrons. The van der Waals surface area contributed by atoms with Crippen molar-refractivity contribution >= 4 is 0 Å². The number of benzene rings is 1. The maximum Gasteiger partial charge on any atom is 0.129 e. The molecule has 4 nitrogen and oxygen atoms in total. The van der Waals surface area contributed by atoms with Crippen molar-refractivity contribution in [1.82, 2.24) is 10.2 Å². The Hall–Kier alpha value is -1.08. The van der Waals surface area contributed by atoms with E-state index in [2.05, 4.69) is 24.1 Å². The molecule has 156 valence electrons. The first-order valence-corrected chi connectivity index (χ1v) is 10.7. The van der Waals surface area contributed by atoms with Crippen molar-refractivity contribution in [2.75, 3.05) is 26.2 Å². The molecule has 1 aromatic rings. The molecule has 3 N–H and O–H groups in total. The van der Waals surface area contributed by atoms with Gasteiger partial charge in [-0.2, -0.15) is 0 Å². The second kappa shape index (κ2) is 8.34. The molecule has 2 aliphatic heterocycles. The van der Waals surface area contributed by atoms with Gasteiger partial charge < -0.3 is 15.8 Å². The summed E-state index contributed by atoms with van der Waals surface area (Å²) in [5, 5.41) is 3.72. The summed E-state index contributed by atoms with van der Waals surface area (Å²) in [7, 11) is 0. The van der Waals surface area contributed by atoms with Gasteiger partial charge in [0, 0.05) is 36.8 Å². The lowest BCUT2D eigenvalue weighted by molar-refractivity contribution is -0.0485. The molecule has 3 aliphatic rings. The average molecular weight is 394 g/mol. The highest BCUT2D eigenvalue weighted by Gasteiger charge is 2.44. The van der Waals surface area contributed by atoms with Crippen LogP contribution in [0.5, 0.6) is 0 Å². The summed E-state index contributed by atoms with van der Waals surface area (Å²) in [6, 6.07) is 4.10. The van der Waals surface area contributed by atoms with E-state index >= 15 is 0 Å². The Balaban J connectivity index is 1.31. The molecule has 4 rings (SSSR count). The number of nitrogens with one attached hydrogen (secondary N) is 1. The third-order valence-electron chi connectivity index (χ3n) is 6.78. The summed E-state index contributed by atoms with van der Waals surface area (Å²) < 4.78 is 33.6. The number of hydrogen-bond acceptors (Lipinski definition) is 4. The number of halogens is 2. The molecule has 2 saturated heterocycles. The number of rotatable bonds is 5. The molecule has 28 heavy (non-hydrogen) atoms. The van der Waals surface area contributed by atoms with Crippen LogP contribution in [-0.2, 0) is 4.74 Å². The standard InChI is InChI=1S/C22H33F2N3O/c1-13(2)9-26-17-5-14-10-27(11-15(14)6-17)18-8-21(25)22(28-12-18)19-7-16(23)3-4-20(19)24/h3-4,7,13-15,17-18,21-22,26H,5-6,8-12,25H2,1-2H3/t14?,15?,17?,18-,21+,22-/m1/s1. The van der Waals surface area contributed by atoms with Crippen molar-refractivity contribution in [1.29, 1.82) is 0 Å². The van der Waals surface area contributed by atoms with E-state index in [9.17, 15) is 8.78 Å². The molecule has 6 heteroatoms. The van der Waals surface area contributed by atoms with E-state index in [0.717, 1.165) is 50.0 Å². The first kappa shape index (κ1) is 20.2. The Morgan fingerprint density at radius 2 is 1.89 bits per heavy atom. The molecular weight excluding hydrogens is 360 g/mol. The predicted molar refractivity (Wildman–Crippen MR) is 106 cm³/mol. The molecule has 0 aromatic heterocycles. The van der Waals surface area contributed by atoms with Crippen molar-refractivity contribution in [3.05, 3.63) is 35.4 Å². The van der Waals surface area contributed by atoms with E-state index in [1.54, 1.807) is 0 Å². The molecule has 1 aromatic carbocycles. The van der Waals surface area contributed by atoms with Crippen LogP contribution >= 0.6 is 0 Å². The number of hydrogen-bond donors (Lipinski definition) is 2. The van der Waals surface area contributed by atoms with Gasteiger partial charge in [-0.15, -0.1) is 0 Å². The summed E-state index contributed by atoms with van der Waals surface area (Å²) in [4.78, 5) is 2.52. The smallest absolute Gasteiger partial charge is 0.129 e. The zero-order chi connectivity index (χ0) is 19.8. The van der Waals surface area contributed by atoms with Gasteiger partial charge in [-0.3, -0.25) is 4.90 Å². The van der Waals surface area contributed by atoms with Crippen LogP contribution in [0.1, 0.15) is 44.8 Å². The van der Waals surface area contributed by atoms with Crippen molar-refractivity contribution in [3.63, 3.8) is 0 Å². The van der Waals surface area contributed by atoms with Crippen LogP contribution in [0.15, 0.2) is 18.2 Å². The van der Waals surface area contributed by atoms with Crippen molar-refractivity contribution in [2.24, 2.45) is 23.5 Å². The van der Waals surface area contributed by atoms with E-state index in [4.69, 9.17) is 10.5 Å². The first-order chi connectivity index (χ1) is 13.4. The van der Waals surface area contributed by atoms with Gasteiger partial charge in [0.15, 0.2) is 0 Å². The SMILES string of the molecule is CC(C)CNC1CC2CN([C@H]3CO[C@H](c4cc(F)ccc4F)[C@@H](N)C3)CC2C1. The van der Waals surface area contributed by atoms with E-state index in [-0.39, 0.29) is 17.6 Å². The topological polar surface area (TPSA) is 50.5 Å². The summed E-state index contributed by atoms with van der Waals surface area (Å²) in [6.07, 6.45) is 2.70. The Morgan fingerprint density at radius 1 is 1.18 bits per heavy atom. The molecule has 2 unspecified atom stereocenters. The Labute approximate surface area is 166 Å². The lowest BCUT2D eigenvalue weighted by atomic mass is 9.93. The minimum Gasteiger partial charge on any atom is -0.370 e. The highest BCUT2D eigenvalue weighted by Crippen LogP contribution is 2.41. The van der Waals surface area contributed by atoms with Gasteiger partial charge in [0.2, 0.25) is 0 Å². The summed E-state index contributed by atoms with van der Waals surface area (Å²) in [5.74, 6) is 1.28. The summed E-state index contributed by atoms with van der Waals surface area (Å²) in [6.45, 7) is 8.33. The molecule has 0 spiro atoms. The molecular formula is C22H33F2N3O. The zero-order valence-electron chi connectivity index (χ0n) is 16.9. The fourth-order valence-corrected chi connectivity index (χ4v) is 5.36. The predicted octanol–water partition coefficient (Wildman–Crippen LogP) is 3.08. The molecule has 3 fully saturated rings. The van der Waals surface area contributed by atoms with Gasteiger partial charge in [-0.1, -0.05) is 13.8 Å². The fraction of sp³-hybridized carbons (Fsp3) is 0.727. The van der Waals surface area contributed by atoms with Crippen LogP contribution in [0.4, 0.5) is 8.78 Å². The lowest BCUT2D eigenvalue weighted by Gasteiger charge is -2.39. The van der Waals surface area contributed by atoms with Crippen LogP contribution in [0, 0.1) is 29.4 Å². The Bertz CT molecular complexity index is 672. The number of ether oxygens (including phenoxy) is 1. The normalized spacial score (nSPS) is 36.2. The second-order valence-electron chi connectivity index (χ2n) is 9.42. The number of nitrogens with two attached hydrogens (primary N) is 1. The number of likely N-dealkylation sites (tertiary alicyclic amines) is 1. The molecule has 1 aliphatic carbocycles. The molecule has 0 bridgehead atoms. The fourth-order valence-electron chi connectivity index (χ4n) is 5.36. The average Bonchev–Trinajstić information content (AvgIpc) is 3.21. The highest BCUT2D eigenvalue weighted by atomic mass is 19.1. The third kappa shape index (κ3) is 4.25. The monoisotopic (exact) mass is 393 g/mol. The zero-order valence-corrected chi connectivity index (χ0v) is 16.9. The number of nitrogens with zero attached hydrogens (tertiary/aromatic N) is 1. The minimum absolute atomic E-state index is 0.239. The van der Waals surface area contributed by atoms with Crippen LogP contribution in [0.3, 0.4) is 0 Å². The van der Waals surface area contributed by atoms with Gasteiger partial charge in [-0.25, -0.2) is 8.78 Å². The maximum absolute atomic E-state index is 14.1. The Kier molecular flexibility index (Phi) is 6.02. The lowest BCUT2D eigenvalue weighted by Crippen LogP contribution is -2.49.